The summed E-state index contributed by atoms with van der Waals surface area (Å²) in [5.74, 6) is 1.06. The number of rotatable bonds is 5. The van der Waals surface area contributed by atoms with E-state index in [0.717, 1.165) is 13.0 Å². The molecule has 1 N–H and O–H groups in total. The van der Waals surface area contributed by atoms with Gasteiger partial charge in [-0.1, -0.05) is 24.3 Å². The number of likely N-dealkylation sites (N-methyl/N-ethyl adjacent to an activating group) is 1. The normalized spacial score (nSPS) is 16.8. The van der Waals surface area contributed by atoms with Gasteiger partial charge in [0, 0.05) is 24.7 Å². The van der Waals surface area contributed by atoms with Gasteiger partial charge in [-0.3, -0.25) is 9.69 Å². The molecule has 1 aliphatic heterocycles. The molecular weight excluding hydrogens is 316 g/mol. The van der Waals surface area contributed by atoms with Crippen LogP contribution in [-0.2, 0) is 13.0 Å². The van der Waals surface area contributed by atoms with Crippen molar-refractivity contribution in [3.63, 3.8) is 0 Å². The average molecular weight is 340 g/mol. The van der Waals surface area contributed by atoms with Crippen molar-refractivity contribution in [1.82, 2.24) is 10.2 Å². The number of fused-ring (bicyclic) bond motifs is 1. The van der Waals surface area contributed by atoms with Gasteiger partial charge in [0.1, 0.15) is 0 Å². The zero-order chi connectivity index (χ0) is 17.8. The lowest BCUT2D eigenvalue weighted by molar-refractivity contribution is 0.0934. The molecule has 0 fully saturated rings. The minimum absolute atomic E-state index is 0.104. The van der Waals surface area contributed by atoms with E-state index in [1.165, 1.54) is 11.1 Å². The van der Waals surface area contributed by atoms with Crippen LogP contribution in [0.4, 0.5) is 0 Å². The summed E-state index contributed by atoms with van der Waals surface area (Å²) < 4.78 is 10.5. The number of hydrogen-bond acceptors (Lipinski definition) is 4. The molecule has 0 saturated heterocycles. The highest BCUT2D eigenvalue weighted by atomic mass is 16.5. The summed E-state index contributed by atoms with van der Waals surface area (Å²) in [6, 6.07) is 14.0. The van der Waals surface area contributed by atoms with E-state index in [0.29, 0.717) is 29.6 Å². The lowest BCUT2D eigenvalue weighted by Crippen LogP contribution is -2.45. The predicted molar refractivity (Wildman–Crippen MR) is 97.3 cm³/mol. The quantitative estimate of drug-likeness (QED) is 0.909. The lowest BCUT2D eigenvalue weighted by Gasteiger charge is -2.34. The van der Waals surface area contributed by atoms with Crippen LogP contribution in [0.1, 0.15) is 21.5 Å². The number of nitrogens with zero attached hydrogens (tertiary/aromatic N) is 1. The molecule has 2 aromatic carbocycles. The second kappa shape index (κ2) is 7.57. The minimum atomic E-state index is -0.104. The molecule has 3 rings (SSSR count). The Morgan fingerprint density at radius 2 is 1.84 bits per heavy atom. The van der Waals surface area contributed by atoms with E-state index in [9.17, 15) is 4.79 Å². The SMILES string of the molecule is COc1ccc(C(=O)NC[C@H]2Cc3ccccc3CN2C)cc1OC. The third-order valence-corrected chi connectivity index (χ3v) is 4.76. The Morgan fingerprint density at radius 1 is 1.12 bits per heavy atom. The Labute approximate surface area is 148 Å². The highest BCUT2D eigenvalue weighted by molar-refractivity contribution is 5.94. The van der Waals surface area contributed by atoms with Crippen LogP contribution in [0.2, 0.25) is 0 Å². The van der Waals surface area contributed by atoms with E-state index in [1.807, 2.05) is 0 Å². The Hall–Kier alpha value is -2.53. The number of benzene rings is 2. The molecular formula is C20H24N2O3. The standard InChI is InChI=1S/C20H24N2O3/c1-22-13-16-7-5-4-6-14(16)10-17(22)12-21-20(23)15-8-9-18(24-2)19(11-15)25-3/h4-9,11,17H,10,12-13H2,1-3H3,(H,21,23)/t17-/m1/s1. The third-order valence-electron chi connectivity index (χ3n) is 4.76. The maximum Gasteiger partial charge on any atom is 0.251 e. The first kappa shape index (κ1) is 17.3. The van der Waals surface area contributed by atoms with Gasteiger partial charge in [-0.05, 0) is 42.8 Å². The van der Waals surface area contributed by atoms with Crippen LogP contribution in [0.25, 0.3) is 0 Å². The van der Waals surface area contributed by atoms with E-state index in [2.05, 4.69) is 41.5 Å². The summed E-state index contributed by atoms with van der Waals surface area (Å²) in [6.07, 6.45) is 0.943. The number of carbonyl (C=O) groups is 1. The smallest absolute Gasteiger partial charge is 0.251 e. The molecule has 1 amide bonds. The molecule has 0 spiro atoms. The van der Waals surface area contributed by atoms with Crippen molar-refractivity contribution < 1.29 is 14.3 Å². The van der Waals surface area contributed by atoms with E-state index in [1.54, 1.807) is 32.4 Å². The van der Waals surface area contributed by atoms with Crippen LogP contribution in [-0.4, -0.2) is 44.7 Å². The molecule has 0 radical (unpaired) electrons. The molecule has 2 aromatic rings. The van der Waals surface area contributed by atoms with Crippen molar-refractivity contribution in [3.05, 3.63) is 59.2 Å². The fraction of sp³-hybridized carbons (Fsp3) is 0.350. The van der Waals surface area contributed by atoms with Gasteiger partial charge in [0.15, 0.2) is 11.5 Å². The number of hydrogen-bond donors (Lipinski definition) is 1. The molecule has 0 saturated carbocycles. The third kappa shape index (κ3) is 3.77. The lowest BCUT2D eigenvalue weighted by atomic mass is 9.94. The fourth-order valence-corrected chi connectivity index (χ4v) is 3.24. The first-order valence-corrected chi connectivity index (χ1v) is 8.39. The second-order valence-electron chi connectivity index (χ2n) is 6.32. The number of ether oxygens (including phenoxy) is 2. The summed E-state index contributed by atoms with van der Waals surface area (Å²) in [6.45, 7) is 1.52. The first-order valence-electron chi connectivity index (χ1n) is 8.39. The van der Waals surface area contributed by atoms with Gasteiger partial charge in [0.2, 0.25) is 0 Å². The first-order chi connectivity index (χ1) is 12.1. The highest BCUT2D eigenvalue weighted by Crippen LogP contribution is 2.27. The van der Waals surface area contributed by atoms with Crippen LogP contribution >= 0.6 is 0 Å². The molecule has 5 nitrogen and oxygen atoms in total. The molecule has 25 heavy (non-hydrogen) atoms. The molecule has 0 aromatic heterocycles. The van der Waals surface area contributed by atoms with Gasteiger partial charge < -0.3 is 14.8 Å². The summed E-state index contributed by atoms with van der Waals surface area (Å²) >= 11 is 0. The van der Waals surface area contributed by atoms with Crippen molar-refractivity contribution in [2.24, 2.45) is 0 Å². The molecule has 5 heteroatoms. The Balaban J connectivity index is 1.65. The Kier molecular flexibility index (Phi) is 5.24. The predicted octanol–water partition coefficient (Wildman–Crippen LogP) is 2.49. The van der Waals surface area contributed by atoms with Crippen molar-refractivity contribution in [2.75, 3.05) is 27.8 Å². The molecule has 1 atom stereocenters. The number of methoxy groups -OCH3 is 2. The average Bonchev–Trinajstić information content (AvgIpc) is 2.65. The summed E-state index contributed by atoms with van der Waals surface area (Å²) in [7, 11) is 5.24. The molecule has 0 bridgehead atoms. The monoisotopic (exact) mass is 340 g/mol. The summed E-state index contributed by atoms with van der Waals surface area (Å²) in [5.41, 5.74) is 3.30. The van der Waals surface area contributed by atoms with Crippen molar-refractivity contribution in [2.45, 2.75) is 19.0 Å². The molecule has 1 heterocycles. The summed E-state index contributed by atoms with van der Waals surface area (Å²) in [4.78, 5) is 14.8. The largest absolute Gasteiger partial charge is 0.493 e. The maximum atomic E-state index is 12.5. The van der Waals surface area contributed by atoms with Crippen molar-refractivity contribution in [1.29, 1.82) is 0 Å². The topological polar surface area (TPSA) is 50.8 Å². The second-order valence-corrected chi connectivity index (χ2v) is 6.32. The Morgan fingerprint density at radius 3 is 2.56 bits per heavy atom. The molecule has 1 aliphatic rings. The molecule has 132 valence electrons. The maximum absolute atomic E-state index is 12.5. The van der Waals surface area contributed by atoms with E-state index >= 15 is 0 Å². The van der Waals surface area contributed by atoms with Crippen LogP contribution in [0.15, 0.2) is 42.5 Å². The van der Waals surface area contributed by atoms with Crippen LogP contribution < -0.4 is 14.8 Å². The van der Waals surface area contributed by atoms with Gasteiger partial charge in [-0.2, -0.15) is 0 Å². The molecule has 0 aliphatic carbocycles. The van der Waals surface area contributed by atoms with Gasteiger partial charge in [0.05, 0.1) is 14.2 Å². The van der Waals surface area contributed by atoms with Crippen molar-refractivity contribution in [3.8, 4) is 11.5 Å². The fourth-order valence-electron chi connectivity index (χ4n) is 3.24. The highest BCUT2D eigenvalue weighted by Gasteiger charge is 2.23. The molecule has 0 unspecified atom stereocenters. The number of carbonyl (C=O) groups excluding carboxylic acids is 1. The van der Waals surface area contributed by atoms with Crippen LogP contribution in [0.3, 0.4) is 0 Å². The van der Waals surface area contributed by atoms with Gasteiger partial charge in [0.25, 0.3) is 5.91 Å². The minimum Gasteiger partial charge on any atom is -0.493 e. The Bertz CT molecular complexity index is 760. The zero-order valence-electron chi connectivity index (χ0n) is 14.9. The van der Waals surface area contributed by atoms with Crippen LogP contribution in [0, 0.1) is 0 Å². The van der Waals surface area contributed by atoms with Gasteiger partial charge in [-0.15, -0.1) is 0 Å². The van der Waals surface area contributed by atoms with Crippen molar-refractivity contribution >= 4 is 5.91 Å². The number of amides is 1. The number of nitrogens with one attached hydrogen (secondary N) is 1. The van der Waals surface area contributed by atoms with Crippen LogP contribution in [0.5, 0.6) is 11.5 Å². The van der Waals surface area contributed by atoms with E-state index in [-0.39, 0.29) is 5.91 Å². The van der Waals surface area contributed by atoms with Gasteiger partial charge in [-0.25, -0.2) is 0 Å². The zero-order valence-corrected chi connectivity index (χ0v) is 14.9. The van der Waals surface area contributed by atoms with E-state index < -0.39 is 0 Å². The van der Waals surface area contributed by atoms with E-state index in [4.69, 9.17) is 9.47 Å². The summed E-state index contributed by atoms with van der Waals surface area (Å²) in [5, 5.41) is 3.04. The van der Waals surface area contributed by atoms with Gasteiger partial charge >= 0.3 is 0 Å².